The summed E-state index contributed by atoms with van der Waals surface area (Å²) in [6.45, 7) is 6.52. The fourth-order valence-corrected chi connectivity index (χ4v) is 2.04. The number of hydrogen-bond donors (Lipinski definition) is 1. The van der Waals surface area contributed by atoms with Crippen molar-refractivity contribution in [2.24, 2.45) is 4.99 Å². The van der Waals surface area contributed by atoms with Crippen molar-refractivity contribution in [2.75, 3.05) is 26.7 Å². The van der Waals surface area contributed by atoms with Crippen LogP contribution in [0.5, 0.6) is 0 Å². The van der Waals surface area contributed by atoms with Crippen LogP contribution in [-0.4, -0.2) is 43.6 Å². The Hall–Kier alpha value is -1.31. The van der Waals surface area contributed by atoms with E-state index in [0.29, 0.717) is 26.0 Å². The van der Waals surface area contributed by atoms with Crippen molar-refractivity contribution in [3.05, 3.63) is 35.9 Å². The van der Waals surface area contributed by atoms with Gasteiger partial charge in [0, 0.05) is 33.1 Å². The maximum atomic E-state index is 11.3. The highest BCUT2D eigenvalue weighted by Gasteiger charge is 2.06. The third-order valence-corrected chi connectivity index (χ3v) is 3.06. The van der Waals surface area contributed by atoms with Gasteiger partial charge < -0.3 is 15.0 Å². The monoisotopic (exact) mass is 433 g/mol. The van der Waals surface area contributed by atoms with E-state index in [9.17, 15) is 4.79 Å². The Balaban J connectivity index is 0.00000484. The van der Waals surface area contributed by atoms with Crippen LogP contribution in [-0.2, 0) is 16.1 Å². The van der Waals surface area contributed by atoms with Crippen molar-refractivity contribution in [2.45, 2.75) is 33.2 Å². The molecule has 0 radical (unpaired) electrons. The van der Waals surface area contributed by atoms with E-state index >= 15 is 0 Å². The maximum Gasteiger partial charge on any atom is 0.305 e. The molecule has 0 saturated carbocycles. The molecule has 0 saturated heterocycles. The summed E-state index contributed by atoms with van der Waals surface area (Å²) in [7, 11) is 2.01. The summed E-state index contributed by atoms with van der Waals surface area (Å²) in [5.74, 6) is 0.704. The first-order valence-corrected chi connectivity index (χ1v) is 7.86. The van der Waals surface area contributed by atoms with E-state index in [1.807, 2.05) is 39.1 Å². The van der Waals surface area contributed by atoms with Gasteiger partial charge >= 0.3 is 5.97 Å². The molecule has 0 fully saturated rings. The summed E-state index contributed by atoms with van der Waals surface area (Å²) in [5.41, 5.74) is 1.24. The average molecular weight is 433 g/mol. The van der Waals surface area contributed by atoms with Crippen molar-refractivity contribution >= 4 is 35.9 Å². The van der Waals surface area contributed by atoms with E-state index in [4.69, 9.17) is 4.74 Å². The number of esters is 1. The topological polar surface area (TPSA) is 53.9 Å². The minimum absolute atomic E-state index is 0. The molecule has 0 heterocycles. The van der Waals surface area contributed by atoms with E-state index in [0.717, 1.165) is 19.0 Å². The average Bonchev–Trinajstić information content (AvgIpc) is 2.51. The van der Waals surface area contributed by atoms with Crippen LogP contribution in [0.15, 0.2) is 35.3 Å². The van der Waals surface area contributed by atoms with Crippen LogP contribution in [0.3, 0.4) is 0 Å². The molecule has 130 valence electrons. The number of nitrogens with zero attached hydrogens (tertiary/aromatic N) is 2. The van der Waals surface area contributed by atoms with Crippen LogP contribution in [0.2, 0.25) is 0 Å². The molecule has 1 aromatic rings. The second kappa shape index (κ2) is 13.2. The Morgan fingerprint density at radius 1 is 1.26 bits per heavy atom. The van der Waals surface area contributed by atoms with Crippen LogP contribution in [0.25, 0.3) is 0 Å². The van der Waals surface area contributed by atoms with Gasteiger partial charge in [-0.25, -0.2) is 0 Å². The largest absolute Gasteiger partial charge is 0.466 e. The summed E-state index contributed by atoms with van der Waals surface area (Å²) in [4.78, 5) is 17.9. The van der Waals surface area contributed by atoms with Gasteiger partial charge in [-0.3, -0.25) is 9.79 Å². The lowest BCUT2D eigenvalue weighted by Gasteiger charge is -2.22. The molecular formula is C17H28IN3O2. The second-order valence-corrected chi connectivity index (χ2v) is 4.99. The van der Waals surface area contributed by atoms with Crippen molar-refractivity contribution in [3.8, 4) is 0 Å². The molecule has 1 aromatic carbocycles. The first kappa shape index (κ1) is 21.7. The van der Waals surface area contributed by atoms with E-state index in [2.05, 4.69) is 27.3 Å². The summed E-state index contributed by atoms with van der Waals surface area (Å²) in [6, 6.07) is 10.3. The normalized spacial score (nSPS) is 10.7. The summed E-state index contributed by atoms with van der Waals surface area (Å²) < 4.78 is 4.91. The molecular weight excluding hydrogens is 405 g/mol. The predicted octanol–water partition coefficient (Wildman–Crippen LogP) is 3.05. The van der Waals surface area contributed by atoms with Crippen molar-refractivity contribution in [1.29, 1.82) is 0 Å². The summed E-state index contributed by atoms with van der Waals surface area (Å²) in [5, 5.41) is 3.28. The number of carbonyl (C=O) groups excluding carboxylic acids is 1. The lowest BCUT2D eigenvalue weighted by Crippen LogP contribution is -2.38. The van der Waals surface area contributed by atoms with Crippen LogP contribution in [0.4, 0.5) is 0 Å². The zero-order valence-corrected chi connectivity index (χ0v) is 16.6. The zero-order chi connectivity index (χ0) is 16.2. The number of nitrogens with one attached hydrogen (secondary N) is 1. The lowest BCUT2D eigenvalue weighted by molar-refractivity contribution is -0.143. The number of halogens is 1. The van der Waals surface area contributed by atoms with Gasteiger partial charge in [-0.05, 0) is 25.8 Å². The minimum Gasteiger partial charge on any atom is -0.466 e. The van der Waals surface area contributed by atoms with Gasteiger partial charge in [-0.2, -0.15) is 0 Å². The molecule has 23 heavy (non-hydrogen) atoms. The van der Waals surface area contributed by atoms with Gasteiger partial charge in [0.1, 0.15) is 0 Å². The molecule has 0 aliphatic rings. The minimum atomic E-state index is -0.152. The zero-order valence-electron chi connectivity index (χ0n) is 14.2. The number of ether oxygens (including phenoxy) is 1. The van der Waals surface area contributed by atoms with Crippen LogP contribution < -0.4 is 5.32 Å². The maximum absolute atomic E-state index is 11.3. The molecule has 6 heteroatoms. The van der Waals surface area contributed by atoms with Crippen molar-refractivity contribution in [3.63, 3.8) is 0 Å². The van der Waals surface area contributed by atoms with Gasteiger partial charge in [0.25, 0.3) is 0 Å². The number of guanidine groups is 1. The number of rotatable bonds is 8. The molecule has 1 N–H and O–H groups in total. The number of aliphatic imine (C=N–C) groups is 1. The van der Waals surface area contributed by atoms with Crippen LogP contribution >= 0.6 is 24.0 Å². The van der Waals surface area contributed by atoms with E-state index in [1.54, 1.807) is 0 Å². The molecule has 0 amide bonds. The highest BCUT2D eigenvalue weighted by atomic mass is 127. The van der Waals surface area contributed by atoms with Gasteiger partial charge in [0.15, 0.2) is 5.96 Å². The van der Waals surface area contributed by atoms with Crippen molar-refractivity contribution < 1.29 is 9.53 Å². The predicted molar refractivity (Wildman–Crippen MR) is 105 cm³/mol. The van der Waals surface area contributed by atoms with Gasteiger partial charge in [-0.15, -0.1) is 24.0 Å². The molecule has 0 atom stereocenters. The Kier molecular flexibility index (Phi) is 12.4. The summed E-state index contributed by atoms with van der Waals surface area (Å²) in [6.07, 6.45) is 1.12. The first-order valence-electron chi connectivity index (χ1n) is 7.86. The van der Waals surface area contributed by atoms with Crippen LogP contribution in [0.1, 0.15) is 32.3 Å². The van der Waals surface area contributed by atoms with E-state index < -0.39 is 0 Å². The number of hydrogen-bond acceptors (Lipinski definition) is 3. The first-order chi connectivity index (χ1) is 10.7. The Bertz CT molecular complexity index is 466. The quantitative estimate of drug-likeness (QED) is 0.225. The molecule has 0 aliphatic carbocycles. The molecule has 0 unspecified atom stereocenters. The smallest absolute Gasteiger partial charge is 0.305 e. The highest BCUT2D eigenvalue weighted by Crippen LogP contribution is 2.03. The van der Waals surface area contributed by atoms with Crippen molar-refractivity contribution in [1.82, 2.24) is 10.2 Å². The SMILES string of the molecule is CCNC(=NCCCC(=O)OCC)N(C)Cc1ccccc1.I. The second-order valence-electron chi connectivity index (χ2n) is 4.99. The Morgan fingerprint density at radius 2 is 1.96 bits per heavy atom. The third kappa shape index (κ3) is 9.43. The standard InChI is InChI=1S/C17H27N3O2.HI/c1-4-18-17(19-13-9-12-16(21)22-5-2)20(3)14-15-10-7-6-8-11-15;/h6-8,10-11H,4-5,9,12-14H2,1-3H3,(H,18,19);1H. The lowest BCUT2D eigenvalue weighted by atomic mass is 10.2. The molecule has 0 spiro atoms. The number of benzene rings is 1. The molecule has 5 nitrogen and oxygen atoms in total. The Morgan fingerprint density at radius 3 is 2.57 bits per heavy atom. The van der Waals surface area contributed by atoms with Gasteiger partial charge in [-0.1, -0.05) is 30.3 Å². The fourth-order valence-electron chi connectivity index (χ4n) is 2.04. The molecule has 0 aromatic heterocycles. The third-order valence-electron chi connectivity index (χ3n) is 3.06. The van der Waals surface area contributed by atoms with E-state index in [-0.39, 0.29) is 29.9 Å². The fraction of sp³-hybridized carbons (Fsp3) is 0.529. The van der Waals surface area contributed by atoms with E-state index in [1.165, 1.54) is 5.56 Å². The van der Waals surface area contributed by atoms with Crippen LogP contribution in [0, 0.1) is 0 Å². The van der Waals surface area contributed by atoms with Gasteiger partial charge in [0.05, 0.1) is 6.61 Å². The highest BCUT2D eigenvalue weighted by molar-refractivity contribution is 14.0. The molecule has 1 rings (SSSR count). The number of carbonyl (C=O) groups is 1. The summed E-state index contributed by atoms with van der Waals surface area (Å²) >= 11 is 0. The van der Waals surface area contributed by atoms with Gasteiger partial charge in [0.2, 0.25) is 0 Å². The molecule has 0 aliphatic heterocycles. The molecule has 0 bridgehead atoms. The Labute approximate surface area is 156 Å².